The van der Waals surface area contributed by atoms with Crippen LogP contribution in [0, 0.1) is 0 Å². The van der Waals surface area contributed by atoms with Crippen LogP contribution in [-0.2, 0) is 11.0 Å². The number of carbonyl (C=O) groups is 1. The van der Waals surface area contributed by atoms with E-state index in [1.807, 2.05) is 6.92 Å². The third-order valence-corrected chi connectivity index (χ3v) is 8.84. The van der Waals surface area contributed by atoms with Crippen molar-refractivity contribution in [3.63, 3.8) is 0 Å². The molecule has 0 bridgehead atoms. The van der Waals surface area contributed by atoms with Crippen molar-refractivity contribution in [2.24, 2.45) is 5.73 Å². The molecule has 1 amide bonds. The fraction of sp³-hybridized carbons (Fsp3) is 0.600. The van der Waals surface area contributed by atoms with Crippen LogP contribution in [0.4, 0.5) is 0 Å². The van der Waals surface area contributed by atoms with Gasteiger partial charge in [0.1, 0.15) is 18.4 Å². The maximum Gasteiger partial charge on any atom is 0.270 e. The molecule has 24 heavy (non-hydrogen) atoms. The Morgan fingerprint density at radius 3 is 2.62 bits per heavy atom. The van der Waals surface area contributed by atoms with E-state index in [0.717, 1.165) is 0 Å². The number of nitrogens with zero attached hydrogens (tertiary/aromatic N) is 4. The molecule has 2 heterocycles. The van der Waals surface area contributed by atoms with E-state index in [4.69, 9.17) is 14.6 Å². The van der Waals surface area contributed by atoms with Gasteiger partial charge in [-0.15, -0.1) is 5.10 Å². The van der Waals surface area contributed by atoms with Crippen molar-refractivity contribution in [2.75, 3.05) is 0 Å². The third kappa shape index (κ3) is 4.09. The number of oxazole rings is 1. The van der Waals surface area contributed by atoms with Crippen LogP contribution in [0.3, 0.4) is 0 Å². The minimum absolute atomic E-state index is 0.112. The highest BCUT2D eigenvalue weighted by Crippen LogP contribution is 2.39. The topological polar surface area (TPSA) is 109 Å². The van der Waals surface area contributed by atoms with E-state index in [-0.39, 0.29) is 23.4 Å². The first-order valence-electron chi connectivity index (χ1n) is 7.82. The second-order valence-corrected chi connectivity index (χ2v) is 12.1. The molecular weight excluding hydrogens is 326 g/mol. The van der Waals surface area contributed by atoms with Gasteiger partial charge in [0.05, 0.1) is 12.4 Å². The molecule has 0 aromatic carbocycles. The SMILES string of the molecule is CC(O[Si](C)(C)C(C)(C)C)c1ncc(Cn2ncc(C(N)=O)n2)o1. The molecule has 132 valence electrons. The van der Waals surface area contributed by atoms with Gasteiger partial charge in [0.2, 0.25) is 5.89 Å². The molecular formula is C15H25N5O3Si. The highest BCUT2D eigenvalue weighted by atomic mass is 28.4. The van der Waals surface area contributed by atoms with Gasteiger partial charge in [-0.3, -0.25) is 4.79 Å². The molecule has 0 saturated heterocycles. The molecule has 0 aliphatic heterocycles. The van der Waals surface area contributed by atoms with Gasteiger partial charge in [0.25, 0.3) is 5.91 Å². The van der Waals surface area contributed by atoms with Crippen molar-refractivity contribution in [1.29, 1.82) is 0 Å². The van der Waals surface area contributed by atoms with Crippen molar-refractivity contribution in [3.8, 4) is 0 Å². The van der Waals surface area contributed by atoms with Gasteiger partial charge >= 0.3 is 0 Å². The Hall–Kier alpha value is -2.00. The van der Waals surface area contributed by atoms with E-state index in [1.165, 1.54) is 11.0 Å². The highest BCUT2D eigenvalue weighted by molar-refractivity contribution is 6.74. The number of hydrogen-bond donors (Lipinski definition) is 1. The van der Waals surface area contributed by atoms with Crippen molar-refractivity contribution < 1.29 is 13.6 Å². The average Bonchev–Trinajstić information content (AvgIpc) is 3.06. The van der Waals surface area contributed by atoms with E-state index in [1.54, 1.807) is 6.20 Å². The normalized spacial score (nSPS) is 13.9. The van der Waals surface area contributed by atoms with Gasteiger partial charge in [0, 0.05) is 0 Å². The number of carbonyl (C=O) groups excluding carboxylic acids is 1. The summed E-state index contributed by atoms with van der Waals surface area (Å²) in [7, 11) is -1.91. The number of rotatable bonds is 6. The van der Waals surface area contributed by atoms with E-state index in [2.05, 4.69) is 49.0 Å². The molecule has 9 heteroatoms. The minimum Gasteiger partial charge on any atom is -0.441 e. The van der Waals surface area contributed by atoms with Crippen molar-refractivity contribution in [3.05, 3.63) is 29.7 Å². The molecule has 0 aliphatic carbocycles. The number of primary amides is 1. The van der Waals surface area contributed by atoms with Gasteiger partial charge in [-0.2, -0.15) is 9.90 Å². The molecule has 2 N–H and O–H groups in total. The Morgan fingerprint density at radius 1 is 1.42 bits per heavy atom. The summed E-state index contributed by atoms with van der Waals surface area (Å²) < 4.78 is 12.0. The summed E-state index contributed by atoms with van der Waals surface area (Å²) in [5, 5.41) is 8.05. The van der Waals surface area contributed by atoms with Gasteiger partial charge in [-0.05, 0) is 25.1 Å². The summed E-state index contributed by atoms with van der Waals surface area (Å²) in [6, 6.07) is 0. The second-order valence-electron chi connectivity index (χ2n) is 7.31. The lowest BCUT2D eigenvalue weighted by Gasteiger charge is -2.37. The van der Waals surface area contributed by atoms with E-state index >= 15 is 0 Å². The average molecular weight is 351 g/mol. The van der Waals surface area contributed by atoms with Crippen LogP contribution in [0.2, 0.25) is 18.1 Å². The maximum absolute atomic E-state index is 11.0. The third-order valence-electron chi connectivity index (χ3n) is 4.28. The Balaban J connectivity index is 2.05. The molecule has 1 atom stereocenters. The Bertz CT molecular complexity index is 717. The van der Waals surface area contributed by atoms with E-state index in [9.17, 15) is 4.79 Å². The summed E-state index contributed by atoms with van der Waals surface area (Å²) in [4.78, 5) is 16.7. The van der Waals surface area contributed by atoms with E-state index < -0.39 is 14.2 Å². The number of aromatic nitrogens is 4. The van der Waals surface area contributed by atoms with Gasteiger partial charge < -0.3 is 14.6 Å². The quantitative estimate of drug-likeness (QED) is 0.801. The first-order chi connectivity index (χ1) is 11.0. The molecule has 0 fully saturated rings. The van der Waals surface area contributed by atoms with Crippen molar-refractivity contribution in [2.45, 2.75) is 58.5 Å². The van der Waals surface area contributed by atoms with Crippen LogP contribution < -0.4 is 5.73 Å². The fourth-order valence-electron chi connectivity index (χ4n) is 1.88. The summed E-state index contributed by atoms with van der Waals surface area (Å²) in [5.74, 6) is 0.496. The Kier molecular flexibility index (Phi) is 4.95. The van der Waals surface area contributed by atoms with E-state index in [0.29, 0.717) is 11.7 Å². The van der Waals surface area contributed by atoms with Crippen LogP contribution >= 0.6 is 0 Å². The fourth-order valence-corrected chi connectivity index (χ4v) is 3.22. The Morgan fingerprint density at radius 2 is 2.08 bits per heavy atom. The molecule has 2 aromatic rings. The molecule has 0 saturated carbocycles. The number of amides is 1. The summed E-state index contributed by atoms with van der Waals surface area (Å²) in [6.07, 6.45) is 2.71. The van der Waals surface area contributed by atoms with Crippen LogP contribution in [0.1, 0.15) is 55.9 Å². The predicted molar refractivity (Wildman–Crippen MR) is 90.8 cm³/mol. The number of hydrogen-bond acceptors (Lipinski definition) is 6. The summed E-state index contributed by atoms with van der Waals surface area (Å²) in [5.41, 5.74) is 5.27. The van der Waals surface area contributed by atoms with Crippen LogP contribution in [0.25, 0.3) is 0 Å². The summed E-state index contributed by atoms with van der Waals surface area (Å²) in [6.45, 7) is 13.1. The molecule has 2 rings (SSSR count). The van der Waals surface area contributed by atoms with Gasteiger partial charge in [-0.1, -0.05) is 20.8 Å². The molecule has 2 aromatic heterocycles. The maximum atomic E-state index is 11.0. The smallest absolute Gasteiger partial charge is 0.270 e. The summed E-state index contributed by atoms with van der Waals surface area (Å²) >= 11 is 0. The first kappa shape index (κ1) is 18.3. The lowest BCUT2D eigenvalue weighted by Crippen LogP contribution is -2.41. The second kappa shape index (κ2) is 6.48. The number of nitrogens with two attached hydrogens (primary N) is 1. The monoisotopic (exact) mass is 351 g/mol. The zero-order valence-electron chi connectivity index (χ0n) is 15.0. The minimum atomic E-state index is -1.91. The molecule has 1 unspecified atom stereocenters. The lowest BCUT2D eigenvalue weighted by atomic mass is 10.2. The zero-order valence-corrected chi connectivity index (χ0v) is 16.0. The largest absolute Gasteiger partial charge is 0.441 e. The van der Waals surface area contributed by atoms with Crippen LogP contribution in [0.5, 0.6) is 0 Å². The molecule has 0 radical (unpaired) electrons. The molecule has 0 spiro atoms. The van der Waals surface area contributed by atoms with Crippen molar-refractivity contribution in [1.82, 2.24) is 20.0 Å². The highest BCUT2D eigenvalue weighted by Gasteiger charge is 2.39. The van der Waals surface area contributed by atoms with Crippen LogP contribution in [0.15, 0.2) is 16.8 Å². The lowest BCUT2D eigenvalue weighted by molar-refractivity contribution is 0.0994. The van der Waals surface area contributed by atoms with Gasteiger partial charge in [0.15, 0.2) is 14.0 Å². The first-order valence-corrected chi connectivity index (χ1v) is 10.7. The predicted octanol–water partition coefficient (Wildman–Crippen LogP) is 2.50. The zero-order chi connectivity index (χ0) is 18.1. The van der Waals surface area contributed by atoms with Crippen molar-refractivity contribution >= 4 is 14.2 Å². The standard InChI is InChI=1S/C15H25N5O3Si/c1-10(23-24(5,6)15(2,3)4)14-17-7-11(22-14)9-20-18-8-12(19-20)13(16)21/h7-8,10H,9H2,1-6H3,(H2,16,21). The van der Waals surface area contributed by atoms with Gasteiger partial charge in [-0.25, -0.2) is 4.98 Å². The van der Waals surface area contributed by atoms with Crippen LogP contribution in [-0.4, -0.2) is 34.2 Å². The Labute approximate surface area is 142 Å². The molecule has 0 aliphatic rings. The molecule has 8 nitrogen and oxygen atoms in total.